The standard InChI is InChI=1S/C19H19F3N2O3S/c1-4-26-18(25)15-16(19(20,21)22)24-17(28-15)12-5-6-14(13(9-12)10-23)27-8-7-11(2)3/h5-6,9,11H,4,7-8H2,1-3H3. The summed E-state index contributed by atoms with van der Waals surface area (Å²) < 4.78 is 50.1. The summed E-state index contributed by atoms with van der Waals surface area (Å²) in [7, 11) is 0. The first-order chi connectivity index (χ1) is 13.2. The van der Waals surface area contributed by atoms with Gasteiger partial charge in [0, 0.05) is 5.56 Å². The number of hydrogen-bond donors (Lipinski definition) is 0. The van der Waals surface area contributed by atoms with Crippen molar-refractivity contribution in [1.29, 1.82) is 5.26 Å². The second-order valence-corrected chi connectivity index (χ2v) is 7.27. The first-order valence-electron chi connectivity index (χ1n) is 8.59. The second kappa shape index (κ2) is 9.06. The normalized spacial score (nSPS) is 11.4. The maximum atomic E-state index is 13.3. The summed E-state index contributed by atoms with van der Waals surface area (Å²) in [5.41, 5.74) is -0.816. The maximum absolute atomic E-state index is 13.3. The molecule has 2 rings (SSSR count). The molecule has 0 atom stereocenters. The molecule has 9 heteroatoms. The number of hydrogen-bond acceptors (Lipinski definition) is 6. The molecule has 2 aromatic rings. The molecule has 5 nitrogen and oxygen atoms in total. The van der Waals surface area contributed by atoms with Gasteiger partial charge in [-0.25, -0.2) is 9.78 Å². The first-order valence-corrected chi connectivity index (χ1v) is 9.41. The van der Waals surface area contributed by atoms with E-state index in [1.54, 1.807) is 0 Å². The molecule has 0 fully saturated rings. The Morgan fingerprint density at radius 3 is 2.64 bits per heavy atom. The van der Waals surface area contributed by atoms with Crippen LogP contribution >= 0.6 is 11.3 Å². The molecule has 0 radical (unpaired) electrons. The van der Waals surface area contributed by atoms with Gasteiger partial charge in [-0.3, -0.25) is 0 Å². The van der Waals surface area contributed by atoms with Gasteiger partial charge >= 0.3 is 12.1 Å². The van der Waals surface area contributed by atoms with Crippen molar-refractivity contribution in [2.75, 3.05) is 13.2 Å². The quantitative estimate of drug-likeness (QED) is 0.577. The Hall–Kier alpha value is -2.60. The first kappa shape index (κ1) is 21.7. The smallest absolute Gasteiger partial charge is 0.435 e. The molecule has 0 saturated heterocycles. The number of thiazole rings is 1. The largest absolute Gasteiger partial charge is 0.492 e. The van der Waals surface area contributed by atoms with Crippen LogP contribution < -0.4 is 4.74 Å². The summed E-state index contributed by atoms with van der Waals surface area (Å²) in [5, 5.41) is 9.32. The molecule has 28 heavy (non-hydrogen) atoms. The van der Waals surface area contributed by atoms with Crippen LogP contribution in [-0.4, -0.2) is 24.2 Å². The van der Waals surface area contributed by atoms with E-state index < -0.39 is 22.7 Å². The molecular formula is C19H19F3N2O3S. The lowest BCUT2D eigenvalue weighted by Crippen LogP contribution is -2.13. The highest BCUT2D eigenvalue weighted by Crippen LogP contribution is 2.39. The predicted molar refractivity (Wildman–Crippen MR) is 98.2 cm³/mol. The molecule has 0 bridgehead atoms. The minimum atomic E-state index is -4.80. The Morgan fingerprint density at radius 2 is 2.07 bits per heavy atom. The third-order valence-electron chi connectivity index (χ3n) is 3.66. The number of rotatable bonds is 7. The van der Waals surface area contributed by atoms with E-state index in [0.717, 1.165) is 6.42 Å². The Balaban J connectivity index is 2.39. The summed E-state index contributed by atoms with van der Waals surface area (Å²) in [6.07, 6.45) is -3.99. The zero-order valence-corrected chi connectivity index (χ0v) is 16.4. The van der Waals surface area contributed by atoms with Crippen LogP contribution in [0, 0.1) is 17.2 Å². The molecule has 0 aliphatic rings. The molecule has 0 saturated carbocycles. The highest BCUT2D eigenvalue weighted by molar-refractivity contribution is 7.17. The molecule has 1 heterocycles. The van der Waals surface area contributed by atoms with Crippen LogP contribution in [-0.2, 0) is 10.9 Å². The van der Waals surface area contributed by atoms with E-state index in [1.807, 2.05) is 19.9 Å². The summed E-state index contributed by atoms with van der Waals surface area (Å²) in [6, 6.07) is 6.41. The molecule has 0 aliphatic carbocycles. The Labute approximate surface area is 164 Å². The number of nitrogens with zero attached hydrogens (tertiary/aromatic N) is 2. The van der Waals surface area contributed by atoms with Crippen LogP contribution in [0.1, 0.15) is 48.1 Å². The number of ether oxygens (including phenoxy) is 2. The average molecular weight is 412 g/mol. The minimum absolute atomic E-state index is 0.0272. The lowest BCUT2D eigenvalue weighted by molar-refractivity contribution is -0.141. The fourth-order valence-corrected chi connectivity index (χ4v) is 3.23. The van der Waals surface area contributed by atoms with Crippen molar-refractivity contribution in [3.8, 4) is 22.4 Å². The summed E-state index contributed by atoms with van der Waals surface area (Å²) in [5.74, 6) is -0.292. The minimum Gasteiger partial charge on any atom is -0.492 e. The van der Waals surface area contributed by atoms with Crippen molar-refractivity contribution in [1.82, 2.24) is 4.98 Å². The molecule has 1 aromatic carbocycles. The summed E-state index contributed by atoms with van der Waals surface area (Å²) in [4.78, 5) is 14.9. The Kier molecular flexibility index (Phi) is 7.02. The van der Waals surface area contributed by atoms with Crippen LogP contribution in [0.25, 0.3) is 10.6 Å². The fourth-order valence-electron chi connectivity index (χ4n) is 2.25. The van der Waals surface area contributed by atoms with Crippen molar-refractivity contribution in [3.63, 3.8) is 0 Å². The van der Waals surface area contributed by atoms with Crippen LogP contribution in [0.2, 0.25) is 0 Å². The Bertz CT molecular complexity index is 886. The molecule has 1 aromatic heterocycles. The van der Waals surface area contributed by atoms with Crippen molar-refractivity contribution >= 4 is 17.3 Å². The molecule has 0 amide bonds. The third kappa shape index (κ3) is 5.23. The predicted octanol–water partition coefficient (Wildman–Crippen LogP) is 5.30. The highest BCUT2D eigenvalue weighted by Gasteiger charge is 2.40. The van der Waals surface area contributed by atoms with Gasteiger partial charge in [0.15, 0.2) is 5.69 Å². The van der Waals surface area contributed by atoms with E-state index >= 15 is 0 Å². The number of carbonyl (C=O) groups excluding carboxylic acids is 1. The molecule has 0 N–H and O–H groups in total. The van der Waals surface area contributed by atoms with Gasteiger partial charge in [0.25, 0.3) is 0 Å². The molecule has 0 spiro atoms. The van der Waals surface area contributed by atoms with E-state index in [9.17, 15) is 23.2 Å². The summed E-state index contributed by atoms with van der Waals surface area (Å²) in [6.45, 7) is 5.96. The van der Waals surface area contributed by atoms with Crippen molar-refractivity contribution in [2.24, 2.45) is 5.92 Å². The van der Waals surface area contributed by atoms with E-state index in [-0.39, 0.29) is 17.2 Å². The van der Waals surface area contributed by atoms with Gasteiger partial charge in [0.2, 0.25) is 0 Å². The Morgan fingerprint density at radius 1 is 1.36 bits per heavy atom. The number of esters is 1. The second-order valence-electron chi connectivity index (χ2n) is 6.27. The average Bonchev–Trinajstić information content (AvgIpc) is 3.08. The van der Waals surface area contributed by atoms with Gasteiger partial charge in [0.1, 0.15) is 21.7 Å². The fraction of sp³-hybridized carbons (Fsp3) is 0.421. The van der Waals surface area contributed by atoms with Gasteiger partial charge in [-0.1, -0.05) is 13.8 Å². The highest BCUT2D eigenvalue weighted by atomic mass is 32.1. The SMILES string of the molecule is CCOC(=O)c1sc(-c2ccc(OCCC(C)C)c(C#N)c2)nc1C(F)(F)F. The lowest BCUT2D eigenvalue weighted by atomic mass is 10.1. The third-order valence-corrected chi connectivity index (χ3v) is 4.74. The molecule has 150 valence electrons. The lowest BCUT2D eigenvalue weighted by Gasteiger charge is -2.10. The molecular weight excluding hydrogens is 393 g/mol. The number of benzene rings is 1. The van der Waals surface area contributed by atoms with Gasteiger partial charge in [-0.15, -0.1) is 11.3 Å². The van der Waals surface area contributed by atoms with Crippen molar-refractivity contribution in [3.05, 3.63) is 34.3 Å². The van der Waals surface area contributed by atoms with Gasteiger partial charge in [-0.05, 0) is 37.5 Å². The number of alkyl halides is 3. The monoisotopic (exact) mass is 412 g/mol. The van der Waals surface area contributed by atoms with E-state index in [2.05, 4.69) is 4.98 Å². The van der Waals surface area contributed by atoms with Crippen molar-refractivity contribution < 1.29 is 27.4 Å². The van der Waals surface area contributed by atoms with Crippen LogP contribution in [0.5, 0.6) is 5.75 Å². The van der Waals surface area contributed by atoms with Crippen LogP contribution in [0.4, 0.5) is 13.2 Å². The summed E-state index contributed by atoms with van der Waals surface area (Å²) >= 11 is 0.578. The van der Waals surface area contributed by atoms with Gasteiger partial charge in [-0.2, -0.15) is 18.4 Å². The van der Waals surface area contributed by atoms with E-state index in [4.69, 9.17) is 9.47 Å². The van der Waals surface area contributed by atoms with Crippen LogP contribution in [0.3, 0.4) is 0 Å². The topological polar surface area (TPSA) is 72.2 Å². The zero-order chi connectivity index (χ0) is 20.9. The zero-order valence-electron chi connectivity index (χ0n) is 15.6. The van der Waals surface area contributed by atoms with Crippen molar-refractivity contribution in [2.45, 2.75) is 33.4 Å². The maximum Gasteiger partial charge on any atom is 0.435 e. The number of aromatic nitrogens is 1. The van der Waals surface area contributed by atoms with E-state index in [0.29, 0.717) is 35.2 Å². The molecule has 0 aliphatic heterocycles. The van der Waals surface area contributed by atoms with Gasteiger partial charge in [0.05, 0.1) is 18.8 Å². The van der Waals surface area contributed by atoms with E-state index in [1.165, 1.54) is 25.1 Å². The number of carbonyl (C=O) groups is 1. The van der Waals surface area contributed by atoms with Crippen LogP contribution in [0.15, 0.2) is 18.2 Å². The number of halogens is 3. The number of nitriles is 1. The van der Waals surface area contributed by atoms with Gasteiger partial charge < -0.3 is 9.47 Å². The molecule has 0 unspecified atom stereocenters.